The van der Waals surface area contributed by atoms with Crippen LogP contribution in [0, 0.1) is 5.82 Å². The van der Waals surface area contributed by atoms with Gasteiger partial charge in [0, 0.05) is 15.8 Å². The molecule has 0 aliphatic carbocycles. The molecule has 0 fully saturated rings. The Bertz CT molecular complexity index is 659. The van der Waals surface area contributed by atoms with Crippen molar-refractivity contribution in [3.63, 3.8) is 0 Å². The summed E-state index contributed by atoms with van der Waals surface area (Å²) in [7, 11) is 0. The van der Waals surface area contributed by atoms with Crippen LogP contribution in [-0.4, -0.2) is 11.4 Å². The first-order chi connectivity index (χ1) is 10.1. The normalized spacial score (nSPS) is 12.0. The molecule has 0 radical (unpaired) electrons. The molecule has 2 rings (SSSR count). The number of amidine groups is 1. The maximum Gasteiger partial charge on any atom is 0.180 e. The maximum atomic E-state index is 13.5. The summed E-state index contributed by atoms with van der Waals surface area (Å²) in [6, 6.07) is 14.5. The second-order valence-corrected chi connectivity index (χ2v) is 6.03. The Balaban J connectivity index is 1.93. The fourth-order valence-corrected chi connectivity index (χ4v) is 2.51. The van der Waals surface area contributed by atoms with E-state index in [-0.39, 0.29) is 5.82 Å². The highest BCUT2D eigenvalue weighted by Gasteiger charge is 1.99. The van der Waals surface area contributed by atoms with Crippen LogP contribution in [0.5, 0.6) is 0 Å². The number of hydrogen-bond donors (Lipinski definition) is 1. The molecule has 108 valence electrons. The predicted octanol–water partition coefficient (Wildman–Crippen LogP) is 4.17. The number of thioether (sulfide) groups is 1. The van der Waals surface area contributed by atoms with E-state index in [0.29, 0.717) is 10.7 Å². The number of halogens is 2. The lowest BCUT2D eigenvalue weighted by Crippen LogP contribution is -2.06. The van der Waals surface area contributed by atoms with E-state index in [1.165, 1.54) is 24.0 Å². The quantitative estimate of drug-likeness (QED) is 0.502. The van der Waals surface area contributed by atoms with Crippen LogP contribution in [0.1, 0.15) is 11.1 Å². The number of rotatable bonds is 4. The summed E-state index contributed by atoms with van der Waals surface area (Å²) < 4.78 is 14.2. The van der Waals surface area contributed by atoms with Gasteiger partial charge in [-0.15, -0.1) is 5.10 Å². The number of benzene rings is 2. The molecule has 0 aromatic heterocycles. The summed E-state index contributed by atoms with van der Waals surface area (Å²) in [4.78, 5) is 0. The number of nitrogens with two attached hydrogens (primary N) is 1. The van der Waals surface area contributed by atoms with Crippen molar-refractivity contribution >= 4 is 39.1 Å². The molecule has 2 aromatic carbocycles. The van der Waals surface area contributed by atoms with Crippen molar-refractivity contribution in [2.45, 2.75) is 5.75 Å². The fourth-order valence-electron chi connectivity index (χ4n) is 1.52. The highest BCUT2D eigenvalue weighted by Crippen LogP contribution is 2.14. The van der Waals surface area contributed by atoms with Crippen LogP contribution in [-0.2, 0) is 5.75 Å². The van der Waals surface area contributed by atoms with Crippen LogP contribution in [0.25, 0.3) is 0 Å². The molecule has 0 aliphatic rings. The van der Waals surface area contributed by atoms with Gasteiger partial charge < -0.3 is 5.73 Å². The fraction of sp³-hybridized carbons (Fsp3) is 0.0667. The molecule has 0 unspecified atom stereocenters. The standard InChI is InChI=1S/C15H13BrFN3S/c16-13-6-7-14(17)12(8-13)9-19-20-15(18)21-10-11-4-2-1-3-5-11/h1-9H,10H2,(H2,18,20). The average Bonchev–Trinajstić information content (AvgIpc) is 2.50. The molecule has 0 saturated heterocycles. The van der Waals surface area contributed by atoms with E-state index in [1.807, 2.05) is 30.3 Å². The van der Waals surface area contributed by atoms with Crippen LogP contribution >= 0.6 is 27.7 Å². The van der Waals surface area contributed by atoms with Crippen LogP contribution < -0.4 is 5.73 Å². The Hall–Kier alpha value is -1.66. The maximum absolute atomic E-state index is 13.5. The van der Waals surface area contributed by atoms with Crippen molar-refractivity contribution in [1.29, 1.82) is 0 Å². The second-order valence-electron chi connectivity index (χ2n) is 4.12. The molecule has 0 aliphatic heterocycles. The van der Waals surface area contributed by atoms with Crippen LogP contribution in [0.3, 0.4) is 0 Å². The lowest BCUT2D eigenvalue weighted by molar-refractivity contribution is 0.625. The predicted molar refractivity (Wildman–Crippen MR) is 91.1 cm³/mol. The third kappa shape index (κ3) is 5.32. The van der Waals surface area contributed by atoms with E-state index in [0.717, 1.165) is 15.8 Å². The highest BCUT2D eigenvalue weighted by atomic mass is 79.9. The summed E-state index contributed by atoms with van der Waals surface area (Å²) in [5.41, 5.74) is 7.26. The van der Waals surface area contributed by atoms with E-state index < -0.39 is 0 Å². The van der Waals surface area contributed by atoms with Crippen LogP contribution in [0.15, 0.2) is 63.2 Å². The Morgan fingerprint density at radius 2 is 2.00 bits per heavy atom. The molecule has 6 heteroatoms. The van der Waals surface area contributed by atoms with Crippen molar-refractivity contribution in [2.75, 3.05) is 0 Å². The van der Waals surface area contributed by atoms with Crippen molar-refractivity contribution in [1.82, 2.24) is 0 Å². The summed E-state index contributed by atoms with van der Waals surface area (Å²) >= 11 is 4.66. The largest absolute Gasteiger partial charge is 0.377 e. The smallest absolute Gasteiger partial charge is 0.180 e. The van der Waals surface area contributed by atoms with Gasteiger partial charge in [0.05, 0.1) is 6.21 Å². The third-order valence-electron chi connectivity index (χ3n) is 2.54. The van der Waals surface area contributed by atoms with Gasteiger partial charge in [0.15, 0.2) is 5.17 Å². The average molecular weight is 366 g/mol. The molecule has 21 heavy (non-hydrogen) atoms. The molecule has 0 saturated carbocycles. The summed E-state index contributed by atoms with van der Waals surface area (Å²) in [6.45, 7) is 0. The van der Waals surface area contributed by atoms with E-state index in [9.17, 15) is 4.39 Å². The topological polar surface area (TPSA) is 50.7 Å². The molecule has 0 bridgehead atoms. The molecule has 2 N–H and O–H groups in total. The minimum atomic E-state index is -0.354. The van der Waals surface area contributed by atoms with Gasteiger partial charge in [-0.2, -0.15) is 5.10 Å². The van der Waals surface area contributed by atoms with Crippen molar-refractivity contribution < 1.29 is 4.39 Å². The monoisotopic (exact) mass is 365 g/mol. The molecule has 2 aromatic rings. The van der Waals surface area contributed by atoms with E-state index in [1.54, 1.807) is 12.1 Å². The molecule has 3 nitrogen and oxygen atoms in total. The Morgan fingerprint density at radius 3 is 2.76 bits per heavy atom. The van der Waals surface area contributed by atoms with Gasteiger partial charge in [-0.3, -0.25) is 0 Å². The summed E-state index contributed by atoms with van der Waals surface area (Å²) in [6.07, 6.45) is 1.34. The van der Waals surface area contributed by atoms with Gasteiger partial charge in [0.1, 0.15) is 5.82 Å². The lowest BCUT2D eigenvalue weighted by Gasteiger charge is -1.99. The van der Waals surface area contributed by atoms with E-state index in [2.05, 4.69) is 26.1 Å². The van der Waals surface area contributed by atoms with Crippen molar-refractivity contribution in [3.8, 4) is 0 Å². The first-order valence-corrected chi connectivity index (χ1v) is 7.91. The Labute approximate surface area is 135 Å². The van der Waals surface area contributed by atoms with Gasteiger partial charge in [-0.25, -0.2) is 4.39 Å². The minimum absolute atomic E-state index is 0.338. The molecule has 0 atom stereocenters. The SMILES string of the molecule is NC(=NN=Cc1cc(Br)ccc1F)SCc1ccccc1. The first-order valence-electron chi connectivity index (χ1n) is 6.13. The zero-order valence-electron chi connectivity index (χ0n) is 11.0. The van der Waals surface area contributed by atoms with Gasteiger partial charge in [-0.1, -0.05) is 58.0 Å². The van der Waals surface area contributed by atoms with Crippen LogP contribution in [0.2, 0.25) is 0 Å². The van der Waals surface area contributed by atoms with E-state index >= 15 is 0 Å². The zero-order chi connectivity index (χ0) is 15.1. The summed E-state index contributed by atoms with van der Waals surface area (Å²) in [5, 5.41) is 8.00. The second kappa shape index (κ2) is 7.95. The molecular formula is C15H13BrFN3S. The molecule has 0 spiro atoms. The van der Waals surface area contributed by atoms with Gasteiger partial charge >= 0.3 is 0 Å². The van der Waals surface area contributed by atoms with E-state index in [4.69, 9.17) is 5.73 Å². The van der Waals surface area contributed by atoms with Gasteiger partial charge in [0.25, 0.3) is 0 Å². The minimum Gasteiger partial charge on any atom is -0.377 e. The first kappa shape index (κ1) is 15.7. The number of nitrogens with zero attached hydrogens (tertiary/aromatic N) is 2. The highest BCUT2D eigenvalue weighted by molar-refractivity contribution is 9.10. The van der Waals surface area contributed by atoms with Gasteiger partial charge in [-0.05, 0) is 23.8 Å². The number of hydrogen-bond acceptors (Lipinski definition) is 3. The van der Waals surface area contributed by atoms with Gasteiger partial charge in [0.2, 0.25) is 0 Å². The molecular weight excluding hydrogens is 353 g/mol. The van der Waals surface area contributed by atoms with Crippen molar-refractivity contribution in [2.24, 2.45) is 15.9 Å². The Kier molecular flexibility index (Phi) is 5.95. The lowest BCUT2D eigenvalue weighted by atomic mass is 10.2. The van der Waals surface area contributed by atoms with Crippen LogP contribution in [0.4, 0.5) is 4.39 Å². The third-order valence-corrected chi connectivity index (χ3v) is 3.89. The zero-order valence-corrected chi connectivity index (χ0v) is 13.4. The summed E-state index contributed by atoms with van der Waals surface area (Å²) in [5.74, 6) is 0.365. The molecule has 0 heterocycles. The van der Waals surface area contributed by atoms with Crippen molar-refractivity contribution in [3.05, 3.63) is 69.9 Å². The molecule has 0 amide bonds. The Morgan fingerprint density at radius 1 is 1.24 bits per heavy atom.